The number of carbonyl (C=O) groups excluding carboxylic acids is 2. The van der Waals surface area contributed by atoms with Crippen LogP contribution in [0.1, 0.15) is 57.9 Å². The van der Waals surface area contributed by atoms with E-state index in [0.29, 0.717) is 18.0 Å². The largest absolute Gasteiger partial charge is 0.483 e. The molecule has 31 heavy (non-hydrogen) atoms. The first-order valence-electron chi connectivity index (χ1n) is 11.7. The van der Waals surface area contributed by atoms with Gasteiger partial charge in [0.2, 0.25) is 0 Å². The van der Waals surface area contributed by atoms with Gasteiger partial charge in [-0.3, -0.25) is 4.79 Å². The average Bonchev–Trinajstić information content (AvgIpc) is 3.02. The first-order valence-corrected chi connectivity index (χ1v) is 11.7. The Morgan fingerprint density at radius 1 is 1.06 bits per heavy atom. The second kappa shape index (κ2) is 7.72. The maximum Gasteiger partial charge on any atom is 0.344 e. The molecule has 4 aliphatic carbocycles. The van der Waals surface area contributed by atoms with Crippen LogP contribution in [0.15, 0.2) is 18.2 Å². The van der Waals surface area contributed by atoms with Gasteiger partial charge in [0, 0.05) is 18.5 Å². The van der Waals surface area contributed by atoms with Crippen LogP contribution in [-0.2, 0) is 20.7 Å². The SMILES string of the molecule is CC1(C)Cc2cccc(OCC(=O)OCC(=O)NCC34CC5CC(CC(C5)C3)C4)c2O1. The van der Waals surface area contributed by atoms with E-state index < -0.39 is 5.97 Å². The predicted molar refractivity (Wildman–Crippen MR) is 115 cm³/mol. The first kappa shape index (κ1) is 20.7. The van der Waals surface area contributed by atoms with Crippen molar-refractivity contribution in [2.45, 2.75) is 64.4 Å². The fourth-order valence-electron chi connectivity index (χ4n) is 6.87. The smallest absolute Gasteiger partial charge is 0.344 e. The van der Waals surface area contributed by atoms with Crippen molar-refractivity contribution in [2.75, 3.05) is 19.8 Å². The Morgan fingerprint density at radius 3 is 2.42 bits per heavy atom. The van der Waals surface area contributed by atoms with Crippen LogP contribution in [0.5, 0.6) is 11.5 Å². The number of benzene rings is 1. The Labute approximate surface area is 184 Å². The summed E-state index contributed by atoms with van der Waals surface area (Å²) in [5.41, 5.74) is 1.07. The Kier molecular flexibility index (Phi) is 5.14. The van der Waals surface area contributed by atoms with Gasteiger partial charge in [0.1, 0.15) is 5.60 Å². The highest BCUT2D eigenvalue weighted by Gasteiger charge is 2.50. The van der Waals surface area contributed by atoms with Crippen molar-refractivity contribution in [1.29, 1.82) is 0 Å². The molecule has 0 saturated heterocycles. The molecule has 1 aromatic carbocycles. The van der Waals surface area contributed by atoms with E-state index in [1.54, 1.807) is 6.07 Å². The molecular weight excluding hydrogens is 394 g/mol. The van der Waals surface area contributed by atoms with Crippen molar-refractivity contribution >= 4 is 11.9 Å². The fraction of sp³-hybridized carbons (Fsp3) is 0.680. The van der Waals surface area contributed by atoms with Gasteiger partial charge >= 0.3 is 5.97 Å². The Hall–Kier alpha value is -2.24. The maximum absolute atomic E-state index is 12.3. The van der Waals surface area contributed by atoms with E-state index >= 15 is 0 Å². The van der Waals surface area contributed by atoms with E-state index in [0.717, 1.165) is 29.7 Å². The lowest BCUT2D eigenvalue weighted by molar-refractivity contribution is -0.150. The summed E-state index contributed by atoms with van der Waals surface area (Å²) < 4.78 is 16.7. The van der Waals surface area contributed by atoms with E-state index in [-0.39, 0.29) is 30.1 Å². The normalized spacial score (nSPS) is 31.6. The molecule has 168 valence electrons. The van der Waals surface area contributed by atoms with Gasteiger partial charge in [0.25, 0.3) is 5.91 Å². The van der Waals surface area contributed by atoms with Crippen molar-refractivity contribution in [2.24, 2.45) is 23.2 Å². The van der Waals surface area contributed by atoms with E-state index in [2.05, 4.69) is 5.32 Å². The van der Waals surface area contributed by atoms with E-state index in [9.17, 15) is 9.59 Å². The standard InChI is InChI=1S/C25H33NO5/c1-24(2)12-19-4-3-5-20(23(19)31-24)29-14-22(28)30-13-21(27)26-15-25-9-16-6-17(10-25)8-18(7-16)11-25/h3-5,16-18H,6-15H2,1-2H3,(H,26,27). The molecule has 1 aliphatic heterocycles. The Balaban J connectivity index is 1.06. The van der Waals surface area contributed by atoms with Crippen molar-refractivity contribution in [3.05, 3.63) is 23.8 Å². The second-order valence-electron chi connectivity index (χ2n) is 10.9. The quantitative estimate of drug-likeness (QED) is 0.673. The van der Waals surface area contributed by atoms with Crippen LogP contribution >= 0.6 is 0 Å². The topological polar surface area (TPSA) is 73.9 Å². The number of carbonyl (C=O) groups is 2. The van der Waals surface area contributed by atoms with E-state index in [1.165, 1.54) is 38.5 Å². The molecule has 0 unspecified atom stereocenters. The molecule has 6 nitrogen and oxygen atoms in total. The minimum Gasteiger partial charge on any atom is -0.483 e. The highest BCUT2D eigenvalue weighted by Crippen LogP contribution is 2.59. The van der Waals surface area contributed by atoms with Crippen molar-refractivity contribution in [3.63, 3.8) is 0 Å². The Morgan fingerprint density at radius 2 is 1.74 bits per heavy atom. The molecule has 1 amide bonds. The summed E-state index contributed by atoms with van der Waals surface area (Å²) >= 11 is 0. The van der Waals surface area contributed by atoms with Crippen molar-refractivity contribution in [1.82, 2.24) is 5.32 Å². The predicted octanol–water partition coefficient (Wildman–Crippen LogP) is 3.65. The third-order valence-corrected chi connectivity index (χ3v) is 7.59. The first-order chi connectivity index (χ1) is 14.8. The fourth-order valence-corrected chi connectivity index (χ4v) is 6.87. The third kappa shape index (κ3) is 4.39. The van der Waals surface area contributed by atoms with Crippen LogP contribution < -0.4 is 14.8 Å². The van der Waals surface area contributed by atoms with Crippen LogP contribution in [0.2, 0.25) is 0 Å². The number of amides is 1. The molecule has 4 bridgehead atoms. The van der Waals surface area contributed by atoms with Gasteiger partial charge in [-0.1, -0.05) is 12.1 Å². The molecule has 5 aliphatic rings. The molecule has 1 N–H and O–H groups in total. The third-order valence-electron chi connectivity index (χ3n) is 7.59. The van der Waals surface area contributed by atoms with Gasteiger partial charge in [-0.25, -0.2) is 4.79 Å². The summed E-state index contributed by atoms with van der Waals surface area (Å²) in [4.78, 5) is 24.4. The van der Waals surface area contributed by atoms with Crippen LogP contribution in [0.3, 0.4) is 0 Å². The average molecular weight is 428 g/mol. The minimum absolute atomic E-state index is 0.227. The lowest BCUT2D eigenvalue weighted by Crippen LogP contribution is -2.51. The molecule has 0 radical (unpaired) electrons. The van der Waals surface area contributed by atoms with E-state index in [4.69, 9.17) is 14.2 Å². The summed E-state index contributed by atoms with van der Waals surface area (Å²) in [5, 5.41) is 3.03. The lowest BCUT2D eigenvalue weighted by Gasteiger charge is -2.56. The second-order valence-corrected chi connectivity index (χ2v) is 10.9. The number of ether oxygens (including phenoxy) is 3. The van der Waals surface area contributed by atoms with Gasteiger partial charge in [0.05, 0.1) is 0 Å². The molecule has 1 aromatic rings. The highest BCUT2D eigenvalue weighted by molar-refractivity contribution is 5.81. The summed E-state index contributed by atoms with van der Waals surface area (Å²) in [6.07, 6.45) is 8.69. The Bertz CT molecular complexity index is 841. The molecule has 0 aromatic heterocycles. The molecule has 6 heteroatoms. The van der Waals surface area contributed by atoms with Gasteiger partial charge in [-0.2, -0.15) is 0 Å². The molecule has 0 spiro atoms. The summed E-state index contributed by atoms with van der Waals surface area (Å²) in [6, 6.07) is 5.68. The van der Waals surface area contributed by atoms with Crippen LogP contribution in [0.4, 0.5) is 0 Å². The zero-order valence-electron chi connectivity index (χ0n) is 18.6. The van der Waals surface area contributed by atoms with Crippen LogP contribution in [0, 0.1) is 23.2 Å². The highest BCUT2D eigenvalue weighted by atomic mass is 16.6. The van der Waals surface area contributed by atoms with Crippen molar-refractivity contribution < 1.29 is 23.8 Å². The van der Waals surface area contributed by atoms with E-state index in [1.807, 2.05) is 26.0 Å². The molecular formula is C25H33NO5. The molecule has 4 saturated carbocycles. The number of fused-ring (bicyclic) bond motifs is 1. The summed E-state index contributed by atoms with van der Waals surface area (Å²) in [5.74, 6) is 3.00. The monoisotopic (exact) mass is 427 g/mol. The molecule has 1 heterocycles. The molecule has 4 fully saturated rings. The zero-order chi connectivity index (χ0) is 21.6. The maximum atomic E-state index is 12.3. The van der Waals surface area contributed by atoms with Crippen LogP contribution in [-0.4, -0.2) is 37.2 Å². The van der Waals surface area contributed by atoms with Crippen LogP contribution in [0.25, 0.3) is 0 Å². The zero-order valence-corrected chi connectivity index (χ0v) is 18.6. The van der Waals surface area contributed by atoms with Crippen molar-refractivity contribution in [3.8, 4) is 11.5 Å². The molecule has 0 atom stereocenters. The number of esters is 1. The summed E-state index contributed by atoms with van der Waals surface area (Å²) in [6.45, 7) is 4.25. The number of hydrogen-bond donors (Lipinski definition) is 1. The van der Waals surface area contributed by atoms with Gasteiger partial charge in [-0.15, -0.1) is 0 Å². The lowest BCUT2D eigenvalue weighted by atomic mass is 9.49. The minimum atomic E-state index is -0.556. The number of para-hydroxylation sites is 1. The van der Waals surface area contributed by atoms with Gasteiger partial charge < -0.3 is 19.5 Å². The van der Waals surface area contributed by atoms with Gasteiger partial charge in [0.15, 0.2) is 24.7 Å². The van der Waals surface area contributed by atoms with Gasteiger partial charge in [-0.05, 0) is 81.6 Å². The number of nitrogens with one attached hydrogen (secondary N) is 1. The number of rotatable bonds is 7. The number of hydrogen-bond acceptors (Lipinski definition) is 5. The summed E-state index contributed by atoms with van der Waals surface area (Å²) in [7, 11) is 0. The molecule has 6 rings (SSSR count).